The van der Waals surface area contributed by atoms with Crippen molar-refractivity contribution < 1.29 is 24.0 Å². The molecular formula is C19H16ClN3O6. The molecule has 1 N–H and O–H groups in total. The summed E-state index contributed by atoms with van der Waals surface area (Å²) in [6, 6.07) is 10.2. The second kappa shape index (κ2) is 8.70. The molecule has 1 saturated heterocycles. The molecule has 9 nitrogen and oxygen atoms in total. The van der Waals surface area contributed by atoms with Gasteiger partial charge < -0.3 is 15.0 Å². The van der Waals surface area contributed by atoms with E-state index in [1.807, 2.05) is 0 Å². The number of benzene rings is 2. The molecule has 29 heavy (non-hydrogen) atoms. The third-order valence-corrected chi connectivity index (χ3v) is 4.59. The summed E-state index contributed by atoms with van der Waals surface area (Å²) in [5, 5.41) is 13.4. The number of halogens is 1. The molecule has 0 bridgehead atoms. The van der Waals surface area contributed by atoms with Crippen molar-refractivity contribution >= 4 is 46.4 Å². The molecule has 0 radical (unpaired) electrons. The van der Waals surface area contributed by atoms with Gasteiger partial charge >= 0.3 is 5.97 Å². The highest BCUT2D eigenvalue weighted by atomic mass is 35.5. The lowest BCUT2D eigenvalue weighted by Gasteiger charge is -2.19. The minimum absolute atomic E-state index is 0.0288. The van der Waals surface area contributed by atoms with E-state index in [0.717, 1.165) is 18.6 Å². The third-order valence-electron chi connectivity index (χ3n) is 4.26. The van der Waals surface area contributed by atoms with Gasteiger partial charge in [-0.15, -0.1) is 0 Å². The first-order valence-corrected chi connectivity index (χ1v) is 9.05. The van der Waals surface area contributed by atoms with Gasteiger partial charge in [0.2, 0.25) is 5.91 Å². The van der Waals surface area contributed by atoms with Gasteiger partial charge in [0.25, 0.3) is 11.6 Å². The maximum absolute atomic E-state index is 12.2. The summed E-state index contributed by atoms with van der Waals surface area (Å²) < 4.78 is 4.93. The Hall–Kier alpha value is -3.46. The van der Waals surface area contributed by atoms with Gasteiger partial charge in [0.15, 0.2) is 6.61 Å². The van der Waals surface area contributed by atoms with Crippen LogP contribution in [0.2, 0.25) is 5.02 Å². The molecule has 2 aromatic carbocycles. The number of nitro groups is 1. The van der Waals surface area contributed by atoms with Gasteiger partial charge in [0, 0.05) is 25.1 Å². The molecule has 1 heterocycles. The predicted molar refractivity (Wildman–Crippen MR) is 105 cm³/mol. The summed E-state index contributed by atoms with van der Waals surface area (Å²) in [7, 11) is 0. The quantitative estimate of drug-likeness (QED) is 0.438. The highest BCUT2D eigenvalue weighted by molar-refractivity contribution is 6.33. The highest BCUT2D eigenvalue weighted by Crippen LogP contribution is 2.29. The lowest BCUT2D eigenvalue weighted by atomic mass is 10.2. The van der Waals surface area contributed by atoms with Gasteiger partial charge in [-0.2, -0.15) is 0 Å². The molecule has 2 amide bonds. The van der Waals surface area contributed by atoms with Crippen LogP contribution in [-0.2, 0) is 14.3 Å². The topological polar surface area (TPSA) is 119 Å². The molecule has 3 rings (SSSR count). The molecule has 0 atom stereocenters. The highest BCUT2D eigenvalue weighted by Gasteiger charge is 2.24. The molecule has 0 aromatic heterocycles. The van der Waals surface area contributed by atoms with Crippen LogP contribution in [-0.4, -0.2) is 35.9 Å². The van der Waals surface area contributed by atoms with Crippen molar-refractivity contribution in [2.75, 3.05) is 23.4 Å². The van der Waals surface area contributed by atoms with Crippen molar-refractivity contribution in [3.63, 3.8) is 0 Å². The van der Waals surface area contributed by atoms with Crippen LogP contribution in [0, 0.1) is 10.1 Å². The summed E-state index contributed by atoms with van der Waals surface area (Å²) >= 11 is 5.89. The van der Waals surface area contributed by atoms with Crippen LogP contribution in [0.5, 0.6) is 0 Å². The monoisotopic (exact) mass is 417 g/mol. The van der Waals surface area contributed by atoms with Crippen LogP contribution in [0.4, 0.5) is 17.1 Å². The van der Waals surface area contributed by atoms with Crippen LogP contribution in [0.15, 0.2) is 42.5 Å². The zero-order valence-electron chi connectivity index (χ0n) is 15.1. The van der Waals surface area contributed by atoms with Crippen LogP contribution in [0.25, 0.3) is 0 Å². The Kier molecular flexibility index (Phi) is 6.08. The van der Waals surface area contributed by atoms with Gasteiger partial charge in [-0.1, -0.05) is 23.7 Å². The van der Waals surface area contributed by atoms with E-state index in [9.17, 15) is 24.5 Å². The first-order chi connectivity index (χ1) is 13.9. The summed E-state index contributed by atoms with van der Waals surface area (Å²) in [5.41, 5.74) is 0.445. The van der Waals surface area contributed by atoms with Crippen molar-refractivity contribution in [1.29, 1.82) is 0 Å². The first kappa shape index (κ1) is 20.3. The zero-order chi connectivity index (χ0) is 21.0. The van der Waals surface area contributed by atoms with E-state index in [1.165, 1.54) is 6.07 Å². The Morgan fingerprint density at radius 3 is 2.69 bits per heavy atom. The average molecular weight is 418 g/mol. The smallest absolute Gasteiger partial charge is 0.340 e. The fourth-order valence-corrected chi connectivity index (χ4v) is 3.09. The number of non-ortho nitro benzene ring substituents is 1. The van der Waals surface area contributed by atoms with Gasteiger partial charge in [-0.3, -0.25) is 19.7 Å². The normalized spacial score (nSPS) is 13.3. The third kappa shape index (κ3) is 4.69. The maximum atomic E-state index is 12.2. The number of carbonyl (C=O) groups excluding carboxylic acids is 3. The Morgan fingerprint density at radius 1 is 1.24 bits per heavy atom. The number of nitrogens with zero attached hydrogens (tertiary/aromatic N) is 2. The summed E-state index contributed by atoms with van der Waals surface area (Å²) in [5.74, 6) is -1.62. The van der Waals surface area contributed by atoms with Crippen LogP contribution >= 0.6 is 11.6 Å². The second-order valence-electron chi connectivity index (χ2n) is 6.21. The minimum atomic E-state index is -0.961. The molecule has 2 aromatic rings. The SMILES string of the molecule is O=C(COC(=O)c1cc([N+](=O)[O-])ccc1Cl)Nc1ccccc1N1CCCC1=O. The first-order valence-electron chi connectivity index (χ1n) is 8.67. The number of rotatable bonds is 6. The van der Waals surface area contributed by atoms with E-state index in [-0.39, 0.29) is 22.2 Å². The molecule has 0 saturated carbocycles. The summed E-state index contributed by atoms with van der Waals surface area (Å²) in [6.07, 6.45) is 1.19. The van der Waals surface area contributed by atoms with Crippen LogP contribution in [0.1, 0.15) is 23.2 Å². The number of esters is 1. The number of nitro benzene ring substituents is 1. The largest absolute Gasteiger partial charge is 0.452 e. The van der Waals surface area contributed by atoms with Crippen LogP contribution in [0.3, 0.4) is 0 Å². The Bertz CT molecular complexity index is 994. The standard InChI is InChI=1S/C19H16ClN3O6/c20-14-8-7-12(23(27)28)10-13(14)19(26)29-11-17(24)21-15-4-1-2-5-16(15)22-9-3-6-18(22)25/h1-2,4-5,7-8,10H,3,6,9,11H2,(H,21,24). The Morgan fingerprint density at radius 2 is 2.00 bits per heavy atom. The van der Waals surface area contributed by atoms with Gasteiger partial charge in [-0.25, -0.2) is 4.79 Å². The predicted octanol–water partition coefficient (Wildman–Crippen LogP) is 3.17. The number of carbonyl (C=O) groups is 3. The number of ether oxygens (including phenoxy) is 1. The number of para-hydroxylation sites is 2. The lowest BCUT2D eigenvalue weighted by molar-refractivity contribution is -0.384. The number of hydrogen-bond donors (Lipinski definition) is 1. The van der Waals surface area contributed by atoms with Gasteiger partial charge in [-0.05, 0) is 24.6 Å². The maximum Gasteiger partial charge on any atom is 0.340 e. The van der Waals surface area contributed by atoms with Crippen molar-refractivity contribution in [1.82, 2.24) is 0 Å². The van der Waals surface area contributed by atoms with E-state index >= 15 is 0 Å². The van der Waals surface area contributed by atoms with Crippen molar-refractivity contribution in [2.45, 2.75) is 12.8 Å². The number of amides is 2. The number of nitrogens with one attached hydrogen (secondary N) is 1. The van der Waals surface area contributed by atoms with Gasteiger partial charge in [0.1, 0.15) is 0 Å². The molecule has 150 valence electrons. The summed E-state index contributed by atoms with van der Waals surface area (Å²) in [4.78, 5) is 48.1. The number of anilines is 2. The Labute approximate surface area is 170 Å². The molecule has 0 unspecified atom stereocenters. The molecule has 10 heteroatoms. The van der Waals surface area contributed by atoms with E-state index in [0.29, 0.717) is 24.3 Å². The Balaban J connectivity index is 1.65. The van der Waals surface area contributed by atoms with E-state index in [2.05, 4.69) is 5.32 Å². The molecule has 0 spiro atoms. The molecule has 0 aliphatic carbocycles. The average Bonchev–Trinajstić information content (AvgIpc) is 3.12. The van der Waals surface area contributed by atoms with Crippen molar-refractivity contribution in [3.05, 3.63) is 63.2 Å². The lowest BCUT2D eigenvalue weighted by Crippen LogP contribution is -2.27. The fourth-order valence-electron chi connectivity index (χ4n) is 2.90. The minimum Gasteiger partial charge on any atom is -0.452 e. The molecular weight excluding hydrogens is 402 g/mol. The zero-order valence-corrected chi connectivity index (χ0v) is 15.8. The van der Waals surface area contributed by atoms with Crippen molar-refractivity contribution in [3.8, 4) is 0 Å². The molecule has 1 aliphatic rings. The fraction of sp³-hybridized carbons (Fsp3) is 0.211. The van der Waals surface area contributed by atoms with Gasteiger partial charge in [0.05, 0.1) is 26.9 Å². The molecule has 1 fully saturated rings. The van der Waals surface area contributed by atoms with Crippen LogP contribution < -0.4 is 10.2 Å². The number of hydrogen-bond acceptors (Lipinski definition) is 6. The summed E-state index contributed by atoms with van der Waals surface area (Å²) in [6.45, 7) is -0.0634. The van der Waals surface area contributed by atoms with Crippen molar-refractivity contribution in [2.24, 2.45) is 0 Å². The van der Waals surface area contributed by atoms with E-state index in [1.54, 1.807) is 29.2 Å². The molecule has 1 aliphatic heterocycles. The van der Waals surface area contributed by atoms with E-state index in [4.69, 9.17) is 16.3 Å². The van der Waals surface area contributed by atoms with E-state index < -0.39 is 23.4 Å². The second-order valence-corrected chi connectivity index (χ2v) is 6.62.